The minimum Gasteiger partial charge on any atom is -0.480 e. The maximum Gasteiger partial charge on any atom is 0.251 e. The second kappa shape index (κ2) is 10.3. The molecule has 0 fully saturated rings. The molecule has 1 aliphatic rings. The van der Waals surface area contributed by atoms with Crippen LogP contribution in [0, 0.1) is 11.6 Å². The number of halogens is 3. The van der Waals surface area contributed by atoms with Gasteiger partial charge in [0, 0.05) is 53.9 Å². The predicted molar refractivity (Wildman–Crippen MR) is 128 cm³/mol. The molecule has 35 heavy (non-hydrogen) atoms. The van der Waals surface area contributed by atoms with E-state index in [9.17, 15) is 4.79 Å². The Hall–Kier alpha value is -3.07. The summed E-state index contributed by atoms with van der Waals surface area (Å²) in [6, 6.07) is 10.6. The molecule has 0 spiro atoms. The minimum atomic E-state index is -0.960. The number of hydrogen-bond donors (Lipinski definition) is 2. The van der Waals surface area contributed by atoms with Crippen molar-refractivity contribution >= 4 is 17.4 Å². The molecule has 1 atom stereocenters. The molecule has 2 aromatic carbocycles. The van der Waals surface area contributed by atoms with E-state index >= 15 is 8.78 Å². The summed E-state index contributed by atoms with van der Waals surface area (Å²) in [5.74, 6) is -2.36. The number of aliphatic hydroxyl groups is 1. The van der Waals surface area contributed by atoms with Crippen molar-refractivity contribution in [3.8, 4) is 22.8 Å². The molecule has 0 amide bonds. The number of hydrogen-bond acceptors (Lipinski definition) is 6. The summed E-state index contributed by atoms with van der Waals surface area (Å²) in [6.07, 6.45) is 1.51. The van der Waals surface area contributed by atoms with Gasteiger partial charge in [0.1, 0.15) is 18.2 Å². The molecule has 1 aliphatic heterocycles. The van der Waals surface area contributed by atoms with Gasteiger partial charge in [-0.15, -0.1) is 0 Å². The van der Waals surface area contributed by atoms with Crippen LogP contribution < -0.4 is 14.8 Å². The van der Waals surface area contributed by atoms with Gasteiger partial charge >= 0.3 is 0 Å². The molecule has 0 saturated heterocycles. The third-order valence-electron chi connectivity index (χ3n) is 6.01. The Morgan fingerprint density at radius 3 is 2.69 bits per heavy atom. The molecule has 6 nitrogen and oxygen atoms in total. The Bertz CT molecular complexity index is 1260. The lowest BCUT2D eigenvalue weighted by Gasteiger charge is -2.29. The van der Waals surface area contributed by atoms with Crippen molar-refractivity contribution in [3.63, 3.8) is 0 Å². The molecule has 3 aromatic rings. The molecule has 2 heterocycles. The molecular formula is C26H25ClF2N2O4. The number of nitrogens with one attached hydrogen (secondary N) is 1. The largest absolute Gasteiger partial charge is 0.480 e. The van der Waals surface area contributed by atoms with Crippen LogP contribution in [0.25, 0.3) is 11.1 Å². The van der Waals surface area contributed by atoms with Crippen LogP contribution in [0.5, 0.6) is 11.6 Å². The van der Waals surface area contributed by atoms with Gasteiger partial charge in [-0.2, -0.15) is 0 Å². The smallest absolute Gasteiger partial charge is 0.251 e. The van der Waals surface area contributed by atoms with E-state index in [0.29, 0.717) is 12.1 Å². The van der Waals surface area contributed by atoms with Crippen LogP contribution in [0.2, 0.25) is 5.02 Å². The zero-order valence-electron chi connectivity index (χ0n) is 19.3. The number of ketones is 1. The summed E-state index contributed by atoms with van der Waals surface area (Å²) in [5, 5.41) is 11.9. The summed E-state index contributed by atoms with van der Waals surface area (Å²) >= 11 is 6.45. The molecule has 0 saturated carbocycles. The maximum atomic E-state index is 15.8. The summed E-state index contributed by atoms with van der Waals surface area (Å²) in [7, 11) is 1.77. The second-order valence-corrected chi connectivity index (χ2v) is 8.59. The lowest BCUT2D eigenvalue weighted by molar-refractivity contribution is 0.0940. The molecule has 0 radical (unpaired) electrons. The number of carbonyl (C=O) groups excluding carboxylic acids is 1. The standard InChI is InChI=1S/C26H25ClF2N2O4/c1-3-19(33)17-13-31-25(34-10-9-32)24(29)22(17)21-16-12-26(14-30-2,15-7-5-4-6-8-15)35-20(16)11-18(28)23(21)27/h4-8,11,13,30,32H,3,9-10,12,14H2,1-2H3/t26-/m1/s1. The second-order valence-electron chi connectivity index (χ2n) is 8.21. The Balaban J connectivity index is 1.98. The van der Waals surface area contributed by atoms with Gasteiger partial charge in [0.15, 0.2) is 17.2 Å². The van der Waals surface area contributed by atoms with Gasteiger partial charge in [-0.05, 0) is 12.6 Å². The van der Waals surface area contributed by atoms with Gasteiger partial charge in [-0.25, -0.2) is 13.8 Å². The highest BCUT2D eigenvalue weighted by Gasteiger charge is 2.43. The topological polar surface area (TPSA) is 80.7 Å². The Morgan fingerprint density at radius 2 is 2.03 bits per heavy atom. The van der Waals surface area contributed by atoms with Crippen LogP contribution in [0.4, 0.5) is 8.78 Å². The summed E-state index contributed by atoms with van der Waals surface area (Å²) in [6.45, 7) is 1.45. The lowest BCUT2D eigenvalue weighted by atomic mass is 9.85. The first-order valence-corrected chi connectivity index (χ1v) is 11.6. The van der Waals surface area contributed by atoms with E-state index in [1.807, 2.05) is 30.3 Å². The third-order valence-corrected chi connectivity index (χ3v) is 6.37. The Kier molecular flexibility index (Phi) is 7.35. The average Bonchev–Trinajstić information content (AvgIpc) is 3.23. The van der Waals surface area contributed by atoms with Crippen LogP contribution in [-0.4, -0.2) is 42.7 Å². The quantitative estimate of drug-likeness (QED) is 0.413. The molecule has 2 N–H and O–H groups in total. The first-order chi connectivity index (χ1) is 16.9. The van der Waals surface area contributed by atoms with Crippen LogP contribution in [0.3, 0.4) is 0 Å². The van der Waals surface area contributed by atoms with Crippen LogP contribution in [0.1, 0.15) is 34.8 Å². The minimum absolute atomic E-state index is 0.0288. The molecule has 0 unspecified atom stereocenters. The van der Waals surface area contributed by atoms with Crippen molar-refractivity contribution in [1.82, 2.24) is 10.3 Å². The van der Waals surface area contributed by atoms with E-state index in [2.05, 4.69) is 10.3 Å². The number of likely N-dealkylation sites (N-methyl/N-ethyl adjacent to an activating group) is 1. The number of Topliss-reactive ketones (excluding diaryl/α,β-unsaturated/α-hetero) is 1. The summed E-state index contributed by atoms with van der Waals surface area (Å²) in [4.78, 5) is 16.7. The SMILES string of the molecule is CCC(=O)c1cnc(OCCO)c(F)c1-c1c(Cl)c(F)cc2c1C[C@@](CNC)(c1ccccc1)O2. The number of ether oxygens (including phenoxy) is 2. The van der Waals surface area contributed by atoms with Gasteiger partial charge in [0.05, 0.1) is 11.6 Å². The Morgan fingerprint density at radius 1 is 1.29 bits per heavy atom. The Labute approximate surface area is 206 Å². The van der Waals surface area contributed by atoms with E-state index in [1.165, 1.54) is 12.3 Å². The zero-order valence-corrected chi connectivity index (χ0v) is 20.1. The normalized spacial score (nSPS) is 16.6. The van der Waals surface area contributed by atoms with E-state index in [4.69, 9.17) is 26.2 Å². The molecule has 184 valence electrons. The summed E-state index contributed by atoms with van der Waals surface area (Å²) in [5.41, 5.74) is 0.207. The van der Waals surface area contributed by atoms with Crippen molar-refractivity contribution in [2.45, 2.75) is 25.4 Å². The van der Waals surface area contributed by atoms with Gasteiger partial charge in [-0.1, -0.05) is 48.9 Å². The van der Waals surface area contributed by atoms with E-state index in [-0.39, 0.29) is 53.5 Å². The molecule has 4 rings (SSSR count). The number of carbonyl (C=O) groups is 1. The first-order valence-electron chi connectivity index (χ1n) is 11.2. The fourth-order valence-corrected chi connectivity index (χ4v) is 4.71. The van der Waals surface area contributed by atoms with Gasteiger partial charge in [0.2, 0.25) is 0 Å². The van der Waals surface area contributed by atoms with Gasteiger partial charge < -0.3 is 19.9 Å². The van der Waals surface area contributed by atoms with Crippen LogP contribution in [-0.2, 0) is 12.0 Å². The van der Waals surface area contributed by atoms with Crippen molar-refractivity contribution in [3.05, 3.63) is 75.9 Å². The fraction of sp³-hybridized carbons (Fsp3) is 0.308. The lowest BCUT2D eigenvalue weighted by Crippen LogP contribution is -2.41. The molecule has 0 bridgehead atoms. The highest BCUT2D eigenvalue weighted by Crippen LogP contribution is 2.50. The molecule has 0 aliphatic carbocycles. The highest BCUT2D eigenvalue weighted by atomic mass is 35.5. The van der Waals surface area contributed by atoms with E-state index in [0.717, 1.165) is 5.56 Å². The number of aliphatic hydroxyl groups excluding tert-OH is 1. The fourth-order valence-electron chi connectivity index (χ4n) is 4.45. The first kappa shape index (κ1) is 25.0. The number of aromatic nitrogens is 1. The van der Waals surface area contributed by atoms with E-state index in [1.54, 1.807) is 14.0 Å². The average molecular weight is 503 g/mol. The predicted octanol–water partition coefficient (Wildman–Crippen LogP) is 4.69. The zero-order chi connectivity index (χ0) is 25.2. The van der Waals surface area contributed by atoms with Gasteiger partial charge in [-0.3, -0.25) is 4.79 Å². The number of fused-ring (bicyclic) bond motifs is 1. The van der Waals surface area contributed by atoms with E-state index < -0.39 is 28.9 Å². The van der Waals surface area contributed by atoms with Gasteiger partial charge in [0.25, 0.3) is 5.88 Å². The van der Waals surface area contributed by atoms with Crippen molar-refractivity contribution in [2.24, 2.45) is 0 Å². The van der Waals surface area contributed by atoms with Crippen molar-refractivity contribution in [2.75, 3.05) is 26.8 Å². The highest BCUT2D eigenvalue weighted by molar-refractivity contribution is 6.34. The number of nitrogens with zero attached hydrogens (tertiary/aromatic N) is 1. The summed E-state index contributed by atoms with van der Waals surface area (Å²) < 4.78 is 42.5. The monoisotopic (exact) mass is 502 g/mol. The van der Waals surface area contributed by atoms with Crippen LogP contribution >= 0.6 is 11.6 Å². The molecule has 9 heteroatoms. The molecular weight excluding hydrogens is 478 g/mol. The maximum absolute atomic E-state index is 15.8. The van der Waals surface area contributed by atoms with Crippen molar-refractivity contribution < 1.29 is 28.2 Å². The third kappa shape index (κ3) is 4.49. The van der Waals surface area contributed by atoms with Crippen LogP contribution in [0.15, 0.2) is 42.6 Å². The molecule has 1 aromatic heterocycles. The van der Waals surface area contributed by atoms with Crippen molar-refractivity contribution in [1.29, 1.82) is 0 Å². The number of pyridine rings is 1. The number of benzene rings is 2. The number of rotatable bonds is 9.